The summed E-state index contributed by atoms with van der Waals surface area (Å²) in [5.74, 6) is 1.99. The largest absolute Gasteiger partial charge is 0.368 e. The predicted octanol–water partition coefficient (Wildman–Crippen LogP) is 2.03. The van der Waals surface area contributed by atoms with Gasteiger partial charge in [-0.05, 0) is 26.0 Å². The van der Waals surface area contributed by atoms with Gasteiger partial charge in [-0.15, -0.1) is 10.2 Å². The number of hydrogen-bond donors (Lipinski definition) is 0. The quantitative estimate of drug-likeness (QED) is 0.711. The number of ether oxygens (including phenoxy) is 1. The first-order valence-corrected chi connectivity index (χ1v) is 8.89. The summed E-state index contributed by atoms with van der Waals surface area (Å²) < 4.78 is 10.3. The van der Waals surface area contributed by atoms with Gasteiger partial charge < -0.3 is 13.9 Å². The van der Waals surface area contributed by atoms with Gasteiger partial charge in [0.15, 0.2) is 5.82 Å². The maximum absolute atomic E-state index is 5.94. The minimum absolute atomic E-state index is 0.00294. The van der Waals surface area contributed by atoms with Gasteiger partial charge in [0.05, 0.1) is 17.6 Å². The molecule has 3 heterocycles. The molecule has 0 radical (unpaired) electrons. The summed E-state index contributed by atoms with van der Waals surface area (Å²) in [5, 5.41) is 8.28. The molecule has 1 aliphatic rings. The normalized spacial score (nSPS) is 18.9. The summed E-state index contributed by atoms with van der Waals surface area (Å²) in [5.41, 5.74) is 2.27. The SMILES string of the molecule is CCn1cnnc1C1CN(CCn2c(C)nc3ccccc32)CCO1. The lowest BCUT2D eigenvalue weighted by Gasteiger charge is -2.32. The Labute approximate surface area is 147 Å². The number of imidazole rings is 1. The van der Waals surface area contributed by atoms with Crippen LogP contribution in [0, 0.1) is 6.92 Å². The predicted molar refractivity (Wildman–Crippen MR) is 95.3 cm³/mol. The molecule has 0 N–H and O–H groups in total. The third-order valence-corrected chi connectivity index (χ3v) is 4.91. The van der Waals surface area contributed by atoms with Crippen molar-refractivity contribution in [1.29, 1.82) is 0 Å². The second-order valence-corrected chi connectivity index (χ2v) is 6.43. The van der Waals surface area contributed by atoms with Crippen LogP contribution in [0.1, 0.15) is 24.7 Å². The zero-order chi connectivity index (χ0) is 17.2. The molecule has 7 nitrogen and oxygen atoms in total. The van der Waals surface area contributed by atoms with Crippen LogP contribution in [-0.4, -0.2) is 55.5 Å². The third-order valence-electron chi connectivity index (χ3n) is 4.91. The highest BCUT2D eigenvalue weighted by molar-refractivity contribution is 5.75. The van der Waals surface area contributed by atoms with Crippen molar-refractivity contribution in [3.05, 3.63) is 42.2 Å². The van der Waals surface area contributed by atoms with E-state index in [2.05, 4.69) is 61.3 Å². The van der Waals surface area contributed by atoms with E-state index in [9.17, 15) is 0 Å². The van der Waals surface area contributed by atoms with E-state index in [1.54, 1.807) is 6.33 Å². The maximum atomic E-state index is 5.94. The van der Waals surface area contributed by atoms with E-state index in [0.717, 1.165) is 56.5 Å². The number of hydrogen-bond acceptors (Lipinski definition) is 5. The van der Waals surface area contributed by atoms with Crippen molar-refractivity contribution >= 4 is 11.0 Å². The van der Waals surface area contributed by atoms with Crippen LogP contribution < -0.4 is 0 Å². The number of nitrogens with zero attached hydrogens (tertiary/aromatic N) is 6. The monoisotopic (exact) mass is 340 g/mol. The van der Waals surface area contributed by atoms with Crippen LogP contribution in [0.15, 0.2) is 30.6 Å². The number of para-hydroxylation sites is 2. The number of rotatable bonds is 5. The summed E-state index contributed by atoms with van der Waals surface area (Å²) >= 11 is 0. The fraction of sp³-hybridized carbons (Fsp3) is 0.500. The van der Waals surface area contributed by atoms with Gasteiger partial charge in [-0.1, -0.05) is 12.1 Å². The van der Waals surface area contributed by atoms with Crippen LogP contribution in [0.25, 0.3) is 11.0 Å². The first kappa shape index (κ1) is 16.2. The highest BCUT2D eigenvalue weighted by atomic mass is 16.5. The number of fused-ring (bicyclic) bond motifs is 1. The van der Waals surface area contributed by atoms with Gasteiger partial charge in [0.2, 0.25) is 0 Å². The molecule has 1 unspecified atom stereocenters. The van der Waals surface area contributed by atoms with Crippen LogP contribution in [-0.2, 0) is 17.8 Å². The Hall–Kier alpha value is -2.25. The van der Waals surface area contributed by atoms with Crippen LogP contribution >= 0.6 is 0 Å². The van der Waals surface area contributed by atoms with E-state index in [0.29, 0.717) is 0 Å². The molecule has 0 bridgehead atoms. The highest BCUT2D eigenvalue weighted by Gasteiger charge is 2.25. The molecule has 0 aliphatic carbocycles. The van der Waals surface area contributed by atoms with Crippen molar-refractivity contribution < 1.29 is 4.74 Å². The van der Waals surface area contributed by atoms with Gasteiger partial charge in [0.25, 0.3) is 0 Å². The van der Waals surface area contributed by atoms with Gasteiger partial charge in [-0.2, -0.15) is 0 Å². The van der Waals surface area contributed by atoms with E-state index in [1.807, 2.05) is 6.07 Å². The van der Waals surface area contributed by atoms with Crippen LogP contribution in [0.2, 0.25) is 0 Å². The maximum Gasteiger partial charge on any atom is 0.163 e. The average molecular weight is 340 g/mol. The van der Waals surface area contributed by atoms with Crippen molar-refractivity contribution in [2.75, 3.05) is 26.2 Å². The van der Waals surface area contributed by atoms with E-state index in [1.165, 1.54) is 5.52 Å². The molecule has 1 aromatic carbocycles. The number of benzene rings is 1. The molecule has 4 rings (SSSR count). The molecule has 25 heavy (non-hydrogen) atoms. The van der Waals surface area contributed by atoms with Crippen molar-refractivity contribution in [2.45, 2.75) is 33.0 Å². The minimum atomic E-state index is -0.00294. The Morgan fingerprint density at radius 1 is 1.24 bits per heavy atom. The molecule has 3 aromatic rings. The van der Waals surface area contributed by atoms with Gasteiger partial charge >= 0.3 is 0 Å². The smallest absolute Gasteiger partial charge is 0.163 e. The minimum Gasteiger partial charge on any atom is -0.368 e. The summed E-state index contributed by atoms with van der Waals surface area (Å²) in [4.78, 5) is 7.09. The first-order valence-electron chi connectivity index (χ1n) is 8.89. The number of aromatic nitrogens is 5. The van der Waals surface area contributed by atoms with E-state index in [4.69, 9.17) is 4.74 Å². The summed E-state index contributed by atoms with van der Waals surface area (Å²) in [6.45, 7) is 9.47. The standard InChI is InChI=1S/C18H24N6O/c1-3-23-13-19-21-18(23)17-12-22(10-11-25-17)8-9-24-14(2)20-15-6-4-5-7-16(15)24/h4-7,13,17H,3,8-12H2,1-2H3. The average Bonchev–Trinajstić information content (AvgIpc) is 3.24. The molecular weight excluding hydrogens is 316 g/mol. The zero-order valence-electron chi connectivity index (χ0n) is 14.8. The number of aryl methyl sites for hydroxylation is 2. The Balaban J connectivity index is 1.45. The fourth-order valence-electron chi connectivity index (χ4n) is 3.54. The highest BCUT2D eigenvalue weighted by Crippen LogP contribution is 2.21. The Kier molecular flexibility index (Phi) is 4.50. The molecule has 0 saturated carbocycles. The van der Waals surface area contributed by atoms with E-state index < -0.39 is 0 Å². The summed E-state index contributed by atoms with van der Waals surface area (Å²) in [6, 6.07) is 8.32. The zero-order valence-corrected chi connectivity index (χ0v) is 14.8. The fourth-order valence-corrected chi connectivity index (χ4v) is 3.54. The lowest BCUT2D eigenvalue weighted by atomic mass is 10.2. The molecule has 1 fully saturated rings. The van der Waals surface area contributed by atoms with Gasteiger partial charge in [0.1, 0.15) is 18.3 Å². The Bertz CT molecular complexity index is 854. The van der Waals surface area contributed by atoms with Crippen molar-refractivity contribution in [3.63, 3.8) is 0 Å². The van der Waals surface area contributed by atoms with E-state index >= 15 is 0 Å². The molecule has 1 aliphatic heterocycles. The van der Waals surface area contributed by atoms with Crippen LogP contribution in [0.3, 0.4) is 0 Å². The molecule has 0 spiro atoms. The Morgan fingerprint density at radius 2 is 2.12 bits per heavy atom. The second kappa shape index (κ2) is 6.93. The van der Waals surface area contributed by atoms with Gasteiger partial charge in [-0.25, -0.2) is 4.98 Å². The van der Waals surface area contributed by atoms with E-state index in [-0.39, 0.29) is 6.10 Å². The molecular formula is C18H24N6O. The molecule has 132 valence electrons. The van der Waals surface area contributed by atoms with Crippen molar-refractivity contribution in [2.24, 2.45) is 0 Å². The molecule has 1 atom stereocenters. The molecule has 0 amide bonds. The topological polar surface area (TPSA) is 61.0 Å². The number of morpholine rings is 1. The van der Waals surface area contributed by atoms with Crippen LogP contribution in [0.5, 0.6) is 0 Å². The van der Waals surface area contributed by atoms with Crippen molar-refractivity contribution in [1.82, 2.24) is 29.2 Å². The lowest BCUT2D eigenvalue weighted by Crippen LogP contribution is -2.40. The lowest BCUT2D eigenvalue weighted by molar-refractivity contribution is -0.0368. The van der Waals surface area contributed by atoms with Gasteiger partial charge in [0, 0.05) is 32.7 Å². The van der Waals surface area contributed by atoms with Gasteiger partial charge in [-0.3, -0.25) is 4.90 Å². The summed E-state index contributed by atoms with van der Waals surface area (Å²) in [7, 11) is 0. The Morgan fingerprint density at radius 3 is 3.00 bits per heavy atom. The molecule has 1 saturated heterocycles. The first-order chi connectivity index (χ1) is 12.3. The van der Waals surface area contributed by atoms with Crippen molar-refractivity contribution in [3.8, 4) is 0 Å². The molecule has 2 aromatic heterocycles. The molecule has 7 heteroatoms. The summed E-state index contributed by atoms with van der Waals surface area (Å²) in [6.07, 6.45) is 1.77. The third kappa shape index (κ3) is 3.17. The second-order valence-electron chi connectivity index (χ2n) is 6.43. The van der Waals surface area contributed by atoms with Crippen LogP contribution in [0.4, 0.5) is 0 Å².